The molecule has 2 amide bonds. The molecule has 0 bridgehead atoms. The van der Waals surface area contributed by atoms with E-state index in [2.05, 4.69) is 10.6 Å². The largest absolute Gasteiger partial charge is 0.394 e. The van der Waals surface area contributed by atoms with Crippen molar-refractivity contribution in [1.29, 1.82) is 0 Å². The average molecular weight is 248 g/mol. The summed E-state index contributed by atoms with van der Waals surface area (Å²) in [7, 11) is 0. The van der Waals surface area contributed by atoms with Gasteiger partial charge in [0.25, 0.3) is 0 Å². The number of halogens is 3. The van der Waals surface area contributed by atoms with E-state index in [0.717, 1.165) is 0 Å². The number of carbonyl (C=O) groups excluding carboxylic acids is 1. The Balaban J connectivity index is 2.72. The number of aliphatic hydroxyl groups excluding tert-OH is 1. The Morgan fingerprint density at radius 1 is 1.35 bits per heavy atom. The van der Waals surface area contributed by atoms with Crippen molar-refractivity contribution in [2.24, 2.45) is 0 Å². The number of amides is 2. The molecule has 0 aromatic heterocycles. The van der Waals surface area contributed by atoms with Gasteiger partial charge in [-0.05, 0) is 6.92 Å². The minimum atomic E-state index is -1.60. The van der Waals surface area contributed by atoms with Gasteiger partial charge in [0.05, 0.1) is 12.6 Å². The van der Waals surface area contributed by atoms with Crippen molar-refractivity contribution in [2.45, 2.75) is 13.0 Å². The van der Waals surface area contributed by atoms with Crippen molar-refractivity contribution in [3.8, 4) is 0 Å². The van der Waals surface area contributed by atoms with Gasteiger partial charge in [-0.25, -0.2) is 18.0 Å². The van der Waals surface area contributed by atoms with Gasteiger partial charge in [0.15, 0.2) is 17.5 Å². The van der Waals surface area contributed by atoms with E-state index in [1.807, 2.05) is 0 Å². The summed E-state index contributed by atoms with van der Waals surface area (Å²) < 4.78 is 38.2. The number of carbonyl (C=O) groups is 1. The summed E-state index contributed by atoms with van der Waals surface area (Å²) in [6, 6.07) is 0.0468. The van der Waals surface area contributed by atoms with Crippen LogP contribution in [0, 0.1) is 17.5 Å². The highest BCUT2D eigenvalue weighted by molar-refractivity contribution is 5.89. The predicted molar refractivity (Wildman–Crippen MR) is 55.0 cm³/mol. The summed E-state index contributed by atoms with van der Waals surface area (Å²) in [5.74, 6) is -4.38. The highest BCUT2D eigenvalue weighted by Gasteiger charge is 2.12. The van der Waals surface area contributed by atoms with Crippen LogP contribution < -0.4 is 10.6 Å². The monoisotopic (exact) mass is 248 g/mol. The van der Waals surface area contributed by atoms with E-state index in [1.165, 1.54) is 6.92 Å². The first-order valence-corrected chi connectivity index (χ1v) is 4.77. The molecule has 0 saturated carbocycles. The first kappa shape index (κ1) is 13.3. The van der Waals surface area contributed by atoms with Crippen LogP contribution in [0.2, 0.25) is 0 Å². The highest BCUT2D eigenvalue weighted by Crippen LogP contribution is 2.17. The fourth-order valence-corrected chi connectivity index (χ4v) is 1.06. The van der Waals surface area contributed by atoms with Gasteiger partial charge in [0, 0.05) is 17.8 Å². The van der Waals surface area contributed by atoms with Crippen molar-refractivity contribution in [3.05, 3.63) is 29.6 Å². The lowest BCUT2D eigenvalue weighted by Crippen LogP contribution is -2.38. The minimum Gasteiger partial charge on any atom is -0.394 e. The summed E-state index contributed by atoms with van der Waals surface area (Å²) in [4.78, 5) is 11.2. The number of urea groups is 1. The number of anilines is 1. The Morgan fingerprint density at radius 2 is 1.88 bits per heavy atom. The fourth-order valence-electron chi connectivity index (χ4n) is 1.06. The second-order valence-corrected chi connectivity index (χ2v) is 3.44. The Hall–Kier alpha value is -1.76. The van der Waals surface area contributed by atoms with Gasteiger partial charge in [-0.15, -0.1) is 0 Å². The molecule has 17 heavy (non-hydrogen) atoms. The number of hydrogen-bond donors (Lipinski definition) is 3. The van der Waals surface area contributed by atoms with Gasteiger partial charge in [0.2, 0.25) is 0 Å². The van der Waals surface area contributed by atoms with E-state index < -0.39 is 29.5 Å². The molecule has 94 valence electrons. The Labute approximate surface area is 95.4 Å². The van der Waals surface area contributed by atoms with Crippen LogP contribution in [0.25, 0.3) is 0 Å². The molecule has 3 N–H and O–H groups in total. The van der Waals surface area contributed by atoms with Crippen LogP contribution in [0.3, 0.4) is 0 Å². The summed E-state index contributed by atoms with van der Waals surface area (Å²) in [5, 5.41) is 13.1. The summed E-state index contributed by atoms with van der Waals surface area (Å²) in [6.45, 7) is 1.25. The van der Waals surface area contributed by atoms with E-state index in [0.29, 0.717) is 12.1 Å². The van der Waals surface area contributed by atoms with Crippen LogP contribution in [-0.4, -0.2) is 23.8 Å². The van der Waals surface area contributed by atoms with Gasteiger partial charge in [0.1, 0.15) is 0 Å². The van der Waals surface area contributed by atoms with Crippen LogP contribution in [-0.2, 0) is 0 Å². The number of rotatable bonds is 3. The second kappa shape index (κ2) is 5.53. The van der Waals surface area contributed by atoms with Crippen molar-refractivity contribution < 1.29 is 23.1 Å². The summed E-state index contributed by atoms with van der Waals surface area (Å²) >= 11 is 0. The third kappa shape index (κ3) is 3.63. The first-order chi connectivity index (χ1) is 7.93. The molecule has 0 radical (unpaired) electrons. The molecule has 0 heterocycles. The SMILES string of the molecule is CC(CO)NC(=O)Nc1cc(F)c(F)c(F)c1. The average Bonchev–Trinajstić information content (AvgIpc) is 2.25. The lowest BCUT2D eigenvalue weighted by molar-refractivity contribution is 0.229. The highest BCUT2D eigenvalue weighted by atomic mass is 19.2. The van der Waals surface area contributed by atoms with Crippen molar-refractivity contribution in [1.82, 2.24) is 5.32 Å². The van der Waals surface area contributed by atoms with Crippen LogP contribution >= 0.6 is 0 Å². The van der Waals surface area contributed by atoms with E-state index >= 15 is 0 Å². The molecule has 0 fully saturated rings. The van der Waals surface area contributed by atoms with Gasteiger partial charge in [-0.1, -0.05) is 0 Å². The molecule has 1 atom stereocenters. The van der Waals surface area contributed by atoms with Crippen LogP contribution in [0.5, 0.6) is 0 Å². The van der Waals surface area contributed by atoms with Crippen LogP contribution in [0.15, 0.2) is 12.1 Å². The van der Waals surface area contributed by atoms with Gasteiger partial charge in [-0.3, -0.25) is 0 Å². The van der Waals surface area contributed by atoms with Gasteiger partial charge >= 0.3 is 6.03 Å². The molecule has 1 unspecified atom stereocenters. The molecule has 0 aliphatic carbocycles. The molecule has 1 aromatic rings. The second-order valence-electron chi connectivity index (χ2n) is 3.44. The zero-order valence-corrected chi connectivity index (χ0v) is 8.93. The quantitative estimate of drug-likeness (QED) is 0.711. The number of hydrogen-bond acceptors (Lipinski definition) is 2. The van der Waals surface area contributed by atoms with Crippen molar-refractivity contribution in [3.63, 3.8) is 0 Å². The smallest absolute Gasteiger partial charge is 0.319 e. The van der Waals surface area contributed by atoms with E-state index in [9.17, 15) is 18.0 Å². The third-order valence-corrected chi connectivity index (χ3v) is 1.89. The molecule has 0 aliphatic heterocycles. The minimum absolute atomic E-state index is 0.218. The van der Waals surface area contributed by atoms with Crippen LogP contribution in [0.1, 0.15) is 6.92 Å². The molecule has 1 aromatic carbocycles. The molecule has 0 spiro atoms. The zero-order chi connectivity index (χ0) is 13.0. The normalized spacial score (nSPS) is 12.1. The Morgan fingerprint density at radius 3 is 2.35 bits per heavy atom. The fraction of sp³-hybridized carbons (Fsp3) is 0.300. The van der Waals surface area contributed by atoms with Crippen molar-refractivity contribution >= 4 is 11.7 Å². The van der Waals surface area contributed by atoms with Crippen LogP contribution in [0.4, 0.5) is 23.7 Å². The Kier molecular flexibility index (Phi) is 4.33. The third-order valence-electron chi connectivity index (χ3n) is 1.89. The summed E-state index contributed by atoms with van der Waals surface area (Å²) in [5.41, 5.74) is -0.218. The topological polar surface area (TPSA) is 61.4 Å². The van der Waals surface area contributed by atoms with E-state index in [4.69, 9.17) is 5.11 Å². The molecule has 7 heteroatoms. The Bertz CT molecular complexity index is 403. The van der Waals surface area contributed by atoms with Crippen molar-refractivity contribution in [2.75, 3.05) is 11.9 Å². The molecule has 0 saturated heterocycles. The maximum atomic E-state index is 12.8. The molecule has 0 aliphatic rings. The standard InChI is InChI=1S/C10H11F3N2O2/c1-5(4-16)14-10(17)15-6-2-7(11)9(13)8(12)3-6/h2-3,5,16H,4H2,1H3,(H2,14,15,17). The van der Waals surface area contributed by atoms with E-state index in [1.54, 1.807) is 0 Å². The number of nitrogens with one attached hydrogen (secondary N) is 2. The first-order valence-electron chi connectivity index (χ1n) is 4.77. The van der Waals surface area contributed by atoms with Gasteiger partial charge in [-0.2, -0.15) is 0 Å². The lowest BCUT2D eigenvalue weighted by atomic mass is 10.3. The van der Waals surface area contributed by atoms with Gasteiger partial charge < -0.3 is 15.7 Å². The zero-order valence-electron chi connectivity index (χ0n) is 8.93. The number of benzene rings is 1. The number of aliphatic hydroxyl groups is 1. The maximum Gasteiger partial charge on any atom is 0.319 e. The molecular weight excluding hydrogens is 237 g/mol. The maximum absolute atomic E-state index is 12.8. The lowest BCUT2D eigenvalue weighted by Gasteiger charge is -2.12. The molecular formula is C10H11F3N2O2. The molecule has 1 rings (SSSR count). The predicted octanol–water partition coefficient (Wildman–Crippen LogP) is 1.61. The summed E-state index contributed by atoms with van der Waals surface area (Å²) in [6.07, 6.45) is 0. The van der Waals surface area contributed by atoms with E-state index in [-0.39, 0.29) is 12.3 Å². The molecule has 4 nitrogen and oxygen atoms in total.